The highest BCUT2D eigenvalue weighted by Crippen LogP contribution is 2.17. The predicted octanol–water partition coefficient (Wildman–Crippen LogP) is 2.45. The van der Waals surface area contributed by atoms with Crippen molar-refractivity contribution in [2.75, 3.05) is 34.4 Å². The molecule has 2 rings (SSSR count). The molecule has 2 aromatic carbocycles. The van der Waals surface area contributed by atoms with E-state index >= 15 is 0 Å². The lowest BCUT2D eigenvalue weighted by atomic mass is 10.2. The van der Waals surface area contributed by atoms with Crippen LogP contribution in [0, 0.1) is 0 Å². The molecule has 0 aromatic heterocycles. The van der Waals surface area contributed by atoms with Gasteiger partial charge in [0.1, 0.15) is 23.9 Å². The molecule has 6 nitrogen and oxygen atoms in total. The highest BCUT2D eigenvalue weighted by molar-refractivity contribution is 5.79. The van der Waals surface area contributed by atoms with E-state index in [-0.39, 0.29) is 0 Å². The maximum Gasteiger partial charge on any atom is 0.191 e. The fraction of sp³-hybridized carbons (Fsp3) is 0.316. The number of methoxy groups -OCH3 is 2. The molecule has 0 saturated carbocycles. The second kappa shape index (κ2) is 10.1. The van der Waals surface area contributed by atoms with Gasteiger partial charge in [-0.3, -0.25) is 4.99 Å². The molecular weight excluding hydrogens is 318 g/mol. The quantitative estimate of drug-likeness (QED) is 0.438. The molecule has 0 aliphatic carbocycles. The van der Waals surface area contributed by atoms with Crippen LogP contribution in [0.25, 0.3) is 0 Å². The first kappa shape index (κ1) is 18.4. The van der Waals surface area contributed by atoms with Gasteiger partial charge in [0.15, 0.2) is 5.96 Å². The minimum absolute atomic E-state index is 0.529. The van der Waals surface area contributed by atoms with Crippen LogP contribution in [0.5, 0.6) is 17.2 Å². The number of para-hydroxylation sites is 1. The smallest absolute Gasteiger partial charge is 0.191 e. The summed E-state index contributed by atoms with van der Waals surface area (Å²) in [6.45, 7) is 1.79. The van der Waals surface area contributed by atoms with Gasteiger partial charge >= 0.3 is 0 Å². The molecular formula is C19H25N3O3. The number of nitrogens with zero attached hydrogens (tertiary/aromatic N) is 1. The maximum atomic E-state index is 5.68. The van der Waals surface area contributed by atoms with Crippen molar-refractivity contribution in [1.29, 1.82) is 0 Å². The molecule has 0 radical (unpaired) electrons. The van der Waals surface area contributed by atoms with E-state index in [0.29, 0.717) is 25.7 Å². The fourth-order valence-corrected chi connectivity index (χ4v) is 2.26. The molecule has 0 amide bonds. The van der Waals surface area contributed by atoms with Crippen LogP contribution in [-0.4, -0.2) is 40.4 Å². The largest absolute Gasteiger partial charge is 0.497 e. The molecule has 0 spiro atoms. The minimum atomic E-state index is 0.529. The van der Waals surface area contributed by atoms with Crippen LogP contribution in [0.3, 0.4) is 0 Å². The molecule has 0 aliphatic rings. The topological polar surface area (TPSA) is 64.1 Å². The van der Waals surface area contributed by atoms with Gasteiger partial charge in [-0.1, -0.05) is 18.2 Å². The Morgan fingerprint density at radius 2 is 1.64 bits per heavy atom. The molecule has 0 bridgehead atoms. The summed E-state index contributed by atoms with van der Waals surface area (Å²) < 4.78 is 16.1. The number of nitrogens with one attached hydrogen (secondary N) is 2. The molecule has 0 atom stereocenters. The van der Waals surface area contributed by atoms with Gasteiger partial charge < -0.3 is 24.8 Å². The average molecular weight is 343 g/mol. The van der Waals surface area contributed by atoms with Gasteiger partial charge in [-0.25, -0.2) is 0 Å². The van der Waals surface area contributed by atoms with Crippen LogP contribution in [0.2, 0.25) is 0 Å². The van der Waals surface area contributed by atoms with Crippen molar-refractivity contribution in [3.8, 4) is 17.2 Å². The summed E-state index contributed by atoms with van der Waals surface area (Å²) in [4.78, 5) is 4.21. The van der Waals surface area contributed by atoms with Crippen LogP contribution >= 0.6 is 0 Å². The van der Waals surface area contributed by atoms with Gasteiger partial charge in [-0.15, -0.1) is 0 Å². The standard InChI is InChI=1S/C19H25N3O3/c1-20-19(22-14-15-6-4-5-7-18(15)24-3)21-12-13-25-17-10-8-16(23-2)9-11-17/h4-11H,12-14H2,1-3H3,(H2,20,21,22). The molecule has 0 fully saturated rings. The van der Waals surface area contributed by atoms with E-state index < -0.39 is 0 Å². The Balaban J connectivity index is 1.73. The van der Waals surface area contributed by atoms with Crippen molar-refractivity contribution < 1.29 is 14.2 Å². The Kier molecular flexibility index (Phi) is 7.43. The highest BCUT2D eigenvalue weighted by Gasteiger charge is 2.03. The van der Waals surface area contributed by atoms with E-state index in [0.717, 1.165) is 22.8 Å². The molecule has 0 heterocycles. The zero-order valence-electron chi connectivity index (χ0n) is 14.9. The lowest BCUT2D eigenvalue weighted by molar-refractivity contribution is 0.321. The van der Waals surface area contributed by atoms with Gasteiger partial charge in [-0.05, 0) is 30.3 Å². The third-order valence-electron chi connectivity index (χ3n) is 3.59. The Hall–Kier alpha value is -2.89. The Bertz CT molecular complexity index is 672. The second-order valence-electron chi connectivity index (χ2n) is 5.19. The van der Waals surface area contributed by atoms with E-state index in [4.69, 9.17) is 14.2 Å². The Morgan fingerprint density at radius 1 is 0.920 bits per heavy atom. The van der Waals surface area contributed by atoms with Gasteiger partial charge in [0, 0.05) is 19.2 Å². The number of benzene rings is 2. The van der Waals surface area contributed by atoms with E-state index in [2.05, 4.69) is 15.6 Å². The third kappa shape index (κ3) is 5.91. The number of hydrogen-bond donors (Lipinski definition) is 2. The zero-order valence-corrected chi connectivity index (χ0v) is 14.9. The molecule has 6 heteroatoms. The van der Waals surface area contributed by atoms with Gasteiger partial charge in [-0.2, -0.15) is 0 Å². The second-order valence-corrected chi connectivity index (χ2v) is 5.19. The van der Waals surface area contributed by atoms with E-state index in [1.807, 2.05) is 48.5 Å². The van der Waals surface area contributed by atoms with E-state index in [9.17, 15) is 0 Å². The summed E-state index contributed by atoms with van der Waals surface area (Å²) in [7, 11) is 5.05. The van der Waals surface area contributed by atoms with Crippen molar-refractivity contribution in [2.24, 2.45) is 4.99 Å². The normalized spacial score (nSPS) is 10.9. The molecule has 2 N–H and O–H groups in total. The SMILES string of the molecule is CN=C(NCCOc1ccc(OC)cc1)NCc1ccccc1OC. The first-order valence-electron chi connectivity index (χ1n) is 8.10. The van der Waals surface area contributed by atoms with Crippen LogP contribution in [0.15, 0.2) is 53.5 Å². The number of hydrogen-bond acceptors (Lipinski definition) is 4. The zero-order chi connectivity index (χ0) is 17.9. The van der Waals surface area contributed by atoms with Crippen molar-refractivity contribution in [3.05, 3.63) is 54.1 Å². The first-order chi connectivity index (χ1) is 12.3. The van der Waals surface area contributed by atoms with Crippen LogP contribution in [-0.2, 0) is 6.54 Å². The molecule has 25 heavy (non-hydrogen) atoms. The van der Waals surface area contributed by atoms with Gasteiger partial charge in [0.2, 0.25) is 0 Å². The summed E-state index contributed by atoms with van der Waals surface area (Å²) in [5, 5.41) is 6.48. The molecule has 134 valence electrons. The van der Waals surface area contributed by atoms with Crippen molar-refractivity contribution >= 4 is 5.96 Å². The molecule has 0 saturated heterocycles. The van der Waals surface area contributed by atoms with Crippen molar-refractivity contribution in [1.82, 2.24) is 10.6 Å². The highest BCUT2D eigenvalue weighted by atomic mass is 16.5. The summed E-state index contributed by atoms with van der Waals surface area (Å²) >= 11 is 0. The van der Waals surface area contributed by atoms with Crippen molar-refractivity contribution in [2.45, 2.75) is 6.54 Å². The fourth-order valence-electron chi connectivity index (χ4n) is 2.26. The monoisotopic (exact) mass is 343 g/mol. The van der Waals surface area contributed by atoms with Crippen molar-refractivity contribution in [3.63, 3.8) is 0 Å². The Labute approximate surface area is 148 Å². The molecule has 2 aromatic rings. The summed E-state index contributed by atoms with van der Waals surface area (Å²) in [5.41, 5.74) is 1.07. The van der Waals surface area contributed by atoms with Crippen LogP contribution in [0.4, 0.5) is 0 Å². The maximum absolute atomic E-state index is 5.68. The molecule has 0 unspecified atom stereocenters. The minimum Gasteiger partial charge on any atom is -0.497 e. The van der Waals surface area contributed by atoms with Gasteiger partial charge in [0.25, 0.3) is 0 Å². The van der Waals surface area contributed by atoms with Crippen LogP contribution in [0.1, 0.15) is 5.56 Å². The van der Waals surface area contributed by atoms with E-state index in [1.165, 1.54) is 0 Å². The Morgan fingerprint density at radius 3 is 2.32 bits per heavy atom. The molecule has 0 aliphatic heterocycles. The summed E-state index contributed by atoms with van der Waals surface area (Å²) in [6, 6.07) is 15.4. The predicted molar refractivity (Wildman–Crippen MR) is 99.7 cm³/mol. The third-order valence-corrected chi connectivity index (χ3v) is 3.59. The number of guanidine groups is 1. The number of rotatable bonds is 8. The van der Waals surface area contributed by atoms with Gasteiger partial charge in [0.05, 0.1) is 20.8 Å². The first-order valence-corrected chi connectivity index (χ1v) is 8.10. The van der Waals surface area contributed by atoms with Crippen LogP contribution < -0.4 is 24.8 Å². The lowest BCUT2D eigenvalue weighted by Gasteiger charge is -2.14. The number of aliphatic imine (C=N–C) groups is 1. The lowest BCUT2D eigenvalue weighted by Crippen LogP contribution is -2.38. The van der Waals surface area contributed by atoms with E-state index in [1.54, 1.807) is 21.3 Å². The summed E-state index contributed by atoms with van der Waals surface area (Å²) in [5.74, 6) is 3.18. The number of ether oxygens (including phenoxy) is 3. The average Bonchev–Trinajstić information content (AvgIpc) is 2.68. The summed E-state index contributed by atoms with van der Waals surface area (Å²) in [6.07, 6.45) is 0.